The lowest BCUT2D eigenvalue weighted by molar-refractivity contribution is -0.140. The first kappa shape index (κ1) is 14.8. The van der Waals surface area contributed by atoms with Gasteiger partial charge >= 0.3 is 5.97 Å². The molecule has 0 aliphatic carbocycles. The fraction of sp³-hybridized carbons (Fsp3) is 0.267. The van der Waals surface area contributed by atoms with Crippen LogP contribution in [0.15, 0.2) is 30.5 Å². The molecule has 2 rings (SSSR count). The van der Waals surface area contributed by atoms with Crippen LogP contribution in [0.4, 0.5) is 5.69 Å². The molecule has 0 saturated carbocycles. The van der Waals surface area contributed by atoms with Gasteiger partial charge in [0.05, 0.1) is 0 Å². The van der Waals surface area contributed by atoms with Gasteiger partial charge in [-0.1, -0.05) is 6.07 Å². The van der Waals surface area contributed by atoms with Gasteiger partial charge in [0.1, 0.15) is 6.04 Å². The number of hydrogen-bond donors (Lipinski definition) is 2. The maximum absolute atomic E-state index is 12.1. The topological polar surface area (TPSA) is 84.2 Å². The Morgan fingerprint density at radius 3 is 2.43 bits per heavy atom. The lowest BCUT2D eigenvalue weighted by Gasteiger charge is -2.07. The Morgan fingerprint density at radius 1 is 1.24 bits per heavy atom. The molecule has 0 bridgehead atoms. The van der Waals surface area contributed by atoms with Crippen molar-refractivity contribution in [2.75, 3.05) is 5.32 Å². The molecule has 0 spiro atoms. The lowest BCUT2D eigenvalue weighted by atomic mass is 10.1. The van der Waals surface area contributed by atoms with Crippen molar-refractivity contribution in [1.29, 1.82) is 0 Å². The van der Waals surface area contributed by atoms with E-state index in [0.29, 0.717) is 5.69 Å². The third-order valence-corrected chi connectivity index (χ3v) is 3.07. The van der Waals surface area contributed by atoms with Crippen molar-refractivity contribution in [3.63, 3.8) is 0 Å². The van der Waals surface area contributed by atoms with E-state index in [0.717, 1.165) is 11.1 Å². The van der Waals surface area contributed by atoms with Crippen molar-refractivity contribution in [3.8, 4) is 0 Å². The first-order valence-electron chi connectivity index (χ1n) is 6.54. The number of nitrogens with zero attached hydrogens (tertiary/aromatic N) is 2. The monoisotopic (exact) mass is 287 g/mol. The number of aromatic nitrogens is 2. The number of amides is 1. The molecule has 1 aromatic carbocycles. The molecule has 0 aliphatic rings. The van der Waals surface area contributed by atoms with E-state index in [1.807, 2.05) is 32.0 Å². The molecule has 1 unspecified atom stereocenters. The summed E-state index contributed by atoms with van der Waals surface area (Å²) < 4.78 is 1.25. The molecule has 6 nitrogen and oxygen atoms in total. The van der Waals surface area contributed by atoms with E-state index in [9.17, 15) is 9.59 Å². The zero-order chi connectivity index (χ0) is 15.6. The van der Waals surface area contributed by atoms with Crippen LogP contribution in [0.1, 0.15) is 34.6 Å². The number of carboxylic acids is 1. The van der Waals surface area contributed by atoms with E-state index in [1.54, 1.807) is 0 Å². The van der Waals surface area contributed by atoms with Crippen molar-refractivity contribution < 1.29 is 14.7 Å². The van der Waals surface area contributed by atoms with Gasteiger partial charge in [-0.2, -0.15) is 5.10 Å². The number of aryl methyl sites for hydroxylation is 2. The Morgan fingerprint density at radius 2 is 1.86 bits per heavy atom. The maximum atomic E-state index is 12.1. The summed E-state index contributed by atoms with van der Waals surface area (Å²) in [6.07, 6.45) is 1.48. The number of benzene rings is 1. The Balaban J connectivity index is 2.15. The maximum Gasteiger partial charge on any atom is 0.328 e. The number of carboxylic acid groups (broad SMARTS) is 1. The number of carbonyl (C=O) groups excluding carboxylic acids is 1. The molecule has 1 atom stereocenters. The smallest absolute Gasteiger partial charge is 0.328 e. The largest absolute Gasteiger partial charge is 0.480 e. The van der Waals surface area contributed by atoms with E-state index < -0.39 is 12.0 Å². The molecule has 0 saturated heterocycles. The molecule has 0 aliphatic heterocycles. The van der Waals surface area contributed by atoms with Gasteiger partial charge < -0.3 is 10.4 Å². The molecular formula is C15H17N3O3. The van der Waals surface area contributed by atoms with E-state index in [1.165, 1.54) is 23.9 Å². The molecule has 2 N–H and O–H groups in total. The molecular weight excluding hydrogens is 270 g/mol. The van der Waals surface area contributed by atoms with Crippen LogP contribution in [-0.2, 0) is 4.79 Å². The van der Waals surface area contributed by atoms with Crippen molar-refractivity contribution in [2.24, 2.45) is 0 Å². The predicted molar refractivity (Wildman–Crippen MR) is 78.4 cm³/mol. The van der Waals surface area contributed by atoms with Crippen LogP contribution in [0, 0.1) is 13.8 Å². The molecule has 110 valence electrons. The van der Waals surface area contributed by atoms with Crippen LogP contribution in [0.25, 0.3) is 0 Å². The summed E-state index contributed by atoms with van der Waals surface area (Å²) >= 11 is 0. The molecule has 2 aromatic rings. The average molecular weight is 287 g/mol. The zero-order valence-corrected chi connectivity index (χ0v) is 12.1. The highest BCUT2D eigenvalue weighted by atomic mass is 16.4. The fourth-order valence-corrected chi connectivity index (χ4v) is 2.03. The van der Waals surface area contributed by atoms with Crippen LogP contribution in [0.3, 0.4) is 0 Å². The summed E-state index contributed by atoms with van der Waals surface area (Å²) in [5.41, 5.74) is 2.98. The zero-order valence-electron chi connectivity index (χ0n) is 12.1. The van der Waals surface area contributed by atoms with Gasteiger partial charge in [0.15, 0.2) is 5.69 Å². The minimum absolute atomic E-state index is 0.183. The SMILES string of the molecule is Cc1cc(C)cc(NC(=O)c2ccn(C(C)C(=O)O)n2)c1. The molecule has 6 heteroatoms. The van der Waals surface area contributed by atoms with Crippen molar-refractivity contribution in [1.82, 2.24) is 9.78 Å². The van der Waals surface area contributed by atoms with Crippen molar-refractivity contribution >= 4 is 17.6 Å². The average Bonchev–Trinajstić information content (AvgIpc) is 2.85. The fourth-order valence-electron chi connectivity index (χ4n) is 2.03. The number of rotatable bonds is 4. The van der Waals surface area contributed by atoms with E-state index >= 15 is 0 Å². The number of nitrogens with one attached hydrogen (secondary N) is 1. The number of anilines is 1. The molecule has 1 aromatic heterocycles. The van der Waals surface area contributed by atoms with Crippen molar-refractivity contribution in [2.45, 2.75) is 26.8 Å². The number of aliphatic carboxylic acids is 1. The van der Waals surface area contributed by atoms with Gasteiger partial charge in [-0.05, 0) is 50.1 Å². The second-order valence-electron chi connectivity index (χ2n) is 5.03. The third-order valence-electron chi connectivity index (χ3n) is 3.07. The first-order valence-corrected chi connectivity index (χ1v) is 6.54. The van der Waals surface area contributed by atoms with Gasteiger partial charge in [-0.3, -0.25) is 9.48 Å². The van der Waals surface area contributed by atoms with E-state index in [2.05, 4.69) is 10.4 Å². The minimum atomic E-state index is -1.00. The van der Waals surface area contributed by atoms with Crippen LogP contribution in [-0.4, -0.2) is 26.8 Å². The highest BCUT2D eigenvalue weighted by Gasteiger charge is 2.17. The first-order chi connectivity index (χ1) is 9.86. The summed E-state index contributed by atoms with van der Waals surface area (Å²) in [6, 6.07) is 6.42. The Kier molecular flexibility index (Phi) is 4.07. The second-order valence-corrected chi connectivity index (χ2v) is 5.03. The van der Waals surface area contributed by atoms with Gasteiger partial charge in [0.25, 0.3) is 5.91 Å². The number of hydrogen-bond acceptors (Lipinski definition) is 3. The molecule has 1 amide bonds. The summed E-state index contributed by atoms with van der Waals surface area (Å²) in [6.45, 7) is 5.40. The Bertz CT molecular complexity index is 671. The third kappa shape index (κ3) is 3.47. The van der Waals surface area contributed by atoms with Gasteiger partial charge in [-0.15, -0.1) is 0 Å². The standard InChI is InChI=1S/C15H17N3O3/c1-9-6-10(2)8-12(7-9)16-14(19)13-4-5-18(17-13)11(3)15(20)21/h4-8,11H,1-3H3,(H,16,19)(H,20,21). The molecule has 0 fully saturated rings. The van der Waals surface area contributed by atoms with Gasteiger partial charge in [0.2, 0.25) is 0 Å². The summed E-state index contributed by atoms with van der Waals surface area (Å²) in [5.74, 6) is -1.37. The van der Waals surface area contributed by atoms with E-state index in [4.69, 9.17) is 5.11 Å². The van der Waals surface area contributed by atoms with Crippen LogP contribution in [0.5, 0.6) is 0 Å². The summed E-state index contributed by atoms with van der Waals surface area (Å²) in [7, 11) is 0. The Labute approximate surface area is 122 Å². The van der Waals surface area contributed by atoms with Crippen molar-refractivity contribution in [3.05, 3.63) is 47.3 Å². The minimum Gasteiger partial charge on any atom is -0.480 e. The van der Waals surface area contributed by atoms with E-state index in [-0.39, 0.29) is 11.6 Å². The van der Waals surface area contributed by atoms with Gasteiger partial charge in [0, 0.05) is 11.9 Å². The summed E-state index contributed by atoms with van der Waals surface area (Å²) in [5, 5.41) is 15.7. The predicted octanol–water partition coefficient (Wildman–Crippen LogP) is 2.40. The second kappa shape index (κ2) is 5.78. The number of carbonyl (C=O) groups is 2. The van der Waals surface area contributed by atoms with Crippen LogP contribution >= 0.6 is 0 Å². The lowest BCUT2D eigenvalue weighted by Crippen LogP contribution is -2.18. The molecule has 21 heavy (non-hydrogen) atoms. The molecule has 0 radical (unpaired) electrons. The van der Waals surface area contributed by atoms with Gasteiger partial charge in [-0.25, -0.2) is 4.79 Å². The van der Waals surface area contributed by atoms with Crippen LogP contribution in [0.2, 0.25) is 0 Å². The Hall–Kier alpha value is -2.63. The van der Waals surface area contributed by atoms with Crippen LogP contribution < -0.4 is 5.32 Å². The highest BCUT2D eigenvalue weighted by Crippen LogP contribution is 2.15. The normalized spacial score (nSPS) is 12.0. The quantitative estimate of drug-likeness (QED) is 0.904. The molecule has 1 heterocycles. The summed E-state index contributed by atoms with van der Waals surface area (Å²) in [4.78, 5) is 23.0. The highest BCUT2D eigenvalue weighted by molar-refractivity contribution is 6.02.